The molecule has 0 heterocycles. The molecule has 0 N–H and O–H groups in total. The van der Waals surface area contributed by atoms with Crippen molar-refractivity contribution in [2.24, 2.45) is 17.3 Å². The molecular weight excluding hydrogens is 216 g/mol. The summed E-state index contributed by atoms with van der Waals surface area (Å²) in [4.78, 5) is 0. The maximum atomic E-state index is 2.35. The second-order valence-electron chi connectivity index (χ2n) is 5.95. The van der Waals surface area contributed by atoms with Crippen LogP contribution in [0.2, 0.25) is 0 Å². The Hall–Kier alpha value is -0.780. The predicted molar refractivity (Wildman–Crippen MR) is 84.7 cm³/mol. The van der Waals surface area contributed by atoms with Crippen LogP contribution >= 0.6 is 0 Å². The average Bonchev–Trinajstić information content (AvgIpc) is 2.33. The molecule has 0 bridgehead atoms. The summed E-state index contributed by atoms with van der Waals surface area (Å²) in [6.07, 6.45) is 17.4. The van der Waals surface area contributed by atoms with E-state index in [1.807, 2.05) is 0 Å². The molecular formula is C18H32. The smallest absolute Gasteiger partial charge is 0.0213 e. The van der Waals surface area contributed by atoms with Crippen LogP contribution in [0.1, 0.15) is 60.8 Å². The highest BCUT2D eigenvalue weighted by atomic mass is 14.2. The highest BCUT2D eigenvalue weighted by Gasteiger charge is 2.12. The van der Waals surface area contributed by atoms with E-state index in [-0.39, 0.29) is 5.41 Å². The molecule has 0 aliphatic heterocycles. The molecule has 18 heavy (non-hydrogen) atoms. The van der Waals surface area contributed by atoms with Gasteiger partial charge in [-0.1, -0.05) is 77.5 Å². The summed E-state index contributed by atoms with van der Waals surface area (Å²) in [6, 6.07) is 0. The standard InChI is InChI=1S/C18H32/c1-7-9-13-18(6,14-10-11-16(3)4)15-12-17(5)8-2/h9-10,12-17H,7-8,11H2,1-6H3. The van der Waals surface area contributed by atoms with Crippen LogP contribution in [0.4, 0.5) is 0 Å². The van der Waals surface area contributed by atoms with Crippen LogP contribution < -0.4 is 0 Å². The molecule has 0 nitrogen and oxygen atoms in total. The van der Waals surface area contributed by atoms with Crippen molar-refractivity contribution in [3.8, 4) is 0 Å². The van der Waals surface area contributed by atoms with Gasteiger partial charge in [0, 0.05) is 5.41 Å². The lowest BCUT2D eigenvalue weighted by atomic mass is 9.87. The Kier molecular flexibility index (Phi) is 8.79. The fourth-order valence-corrected chi connectivity index (χ4v) is 1.64. The number of hydrogen-bond donors (Lipinski definition) is 0. The molecule has 0 aliphatic rings. The predicted octanol–water partition coefficient (Wildman–Crippen LogP) is 6.16. The van der Waals surface area contributed by atoms with Gasteiger partial charge in [-0.25, -0.2) is 0 Å². The minimum atomic E-state index is 0.0777. The Morgan fingerprint density at radius 1 is 0.944 bits per heavy atom. The van der Waals surface area contributed by atoms with E-state index in [1.54, 1.807) is 0 Å². The number of allylic oxidation sites excluding steroid dienone is 6. The number of rotatable bonds is 8. The lowest BCUT2D eigenvalue weighted by Crippen LogP contribution is -2.06. The molecule has 104 valence electrons. The third kappa shape index (κ3) is 8.33. The molecule has 0 aliphatic carbocycles. The van der Waals surface area contributed by atoms with Crippen molar-refractivity contribution >= 4 is 0 Å². The normalized spacial score (nSPS) is 18.2. The van der Waals surface area contributed by atoms with Crippen molar-refractivity contribution in [1.29, 1.82) is 0 Å². The van der Waals surface area contributed by atoms with E-state index in [4.69, 9.17) is 0 Å². The van der Waals surface area contributed by atoms with Gasteiger partial charge in [0.25, 0.3) is 0 Å². The summed E-state index contributed by atoms with van der Waals surface area (Å²) in [5.41, 5.74) is 0.0777. The first-order valence-corrected chi connectivity index (χ1v) is 7.48. The molecule has 0 heteroatoms. The Morgan fingerprint density at radius 2 is 1.56 bits per heavy atom. The first kappa shape index (κ1) is 17.2. The van der Waals surface area contributed by atoms with Gasteiger partial charge in [0.1, 0.15) is 0 Å². The molecule has 0 aromatic rings. The summed E-state index contributed by atoms with van der Waals surface area (Å²) in [7, 11) is 0. The fraction of sp³-hybridized carbons (Fsp3) is 0.667. The van der Waals surface area contributed by atoms with E-state index < -0.39 is 0 Å². The summed E-state index contributed by atoms with van der Waals surface area (Å²) >= 11 is 0. The second-order valence-corrected chi connectivity index (χ2v) is 5.95. The van der Waals surface area contributed by atoms with Gasteiger partial charge >= 0.3 is 0 Å². The summed E-state index contributed by atoms with van der Waals surface area (Å²) in [6.45, 7) is 13.5. The minimum absolute atomic E-state index is 0.0777. The van der Waals surface area contributed by atoms with E-state index in [1.165, 1.54) is 6.42 Å². The monoisotopic (exact) mass is 248 g/mol. The van der Waals surface area contributed by atoms with Gasteiger partial charge in [0.2, 0.25) is 0 Å². The third-order valence-electron chi connectivity index (χ3n) is 3.22. The van der Waals surface area contributed by atoms with Gasteiger partial charge < -0.3 is 0 Å². The first-order valence-electron chi connectivity index (χ1n) is 7.48. The van der Waals surface area contributed by atoms with Gasteiger partial charge in [0.05, 0.1) is 0 Å². The molecule has 0 radical (unpaired) electrons. The van der Waals surface area contributed by atoms with Crippen molar-refractivity contribution < 1.29 is 0 Å². The molecule has 0 aromatic carbocycles. The fourth-order valence-electron chi connectivity index (χ4n) is 1.64. The maximum absolute atomic E-state index is 2.35. The lowest BCUT2D eigenvalue weighted by molar-refractivity contribution is 0.640. The van der Waals surface area contributed by atoms with Crippen molar-refractivity contribution in [2.45, 2.75) is 60.8 Å². The summed E-state index contributed by atoms with van der Waals surface area (Å²) in [5, 5.41) is 0. The lowest BCUT2D eigenvalue weighted by Gasteiger charge is -2.18. The molecule has 2 unspecified atom stereocenters. The molecule has 0 amide bonds. The van der Waals surface area contributed by atoms with E-state index in [9.17, 15) is 0 Å². The second kappa shape index (κ2) is 9.19. The molecule has 0 rings (SSSR count). The summed E-state index contributed by atoms with van der Waals surface area (Å²) < 4.78 is 0. The molecule has 0 spiro atoms. The zero-order chi connectivity index (χ0) is 14.0. The molecule has 0 fully saturated rings. The first-order chi connectivity index (χ1) is 8.43. The van der Waals surface area contributed by atoms with Gasteiger partial charge in [-0.3, -0.25) is 0 Å². The zero-order valence-electron chi connectivity index (χ0n) is 13.2. The largest absolute Gasteiger partial charge is 0.0876 e. The van der Waals surface area contributed by atoms with Gasteiger partial charge in [-0.15, -0.1) is 0 Å². The van der Waals surface area contributed by atoms with Gasteiger partial charge in [-0.2, -0.15) is 0 Å². The molecule has 2 atom stereocenters. The van der Waals surface area contributed by atoms with Crippen LogP contribution in [0.5, 0.6) is 0 Å². The van der Waals surface area contributed by atoms with Crippen molar-refractivity contribution in [3.05, 3.63) is 36.5 Å². The van der Waals surface area contributed by atoms with Crippen LogP contribution in [0.25, 0.3) is 0 Å². The van der Waals surface area contributed by atoms with Gasteiger partial charge in [0.15, 0.2) is 0 Å². The quantitative estimate of drug-likeness (QED) is 0.451. The van der Waals surface area contributed by atoms with Crippen LogP contribution in [0.15, 0.2) is 36.5 Å². The number of hydrogen-bond acceptors (Lipinski definition) is 0. The van der Waals surface area contributed by atoms with Crippen LogP contribution in [-0.2, 0) is 0 Å². The van der Waals surface area contributed by atoms with Crippen LogP contribution in [0, 0.1) is 17.3 Å². The third-order valence-corrected chi connectivity index (χ3v) is 3.22. The molecule has 0 saturated heterocycles. The topological polar surface area (TPSA) is 0 Å². The highest BCUT2D eigenvalue weighted by Crippen LogP contribution is 2.25. The average molecular weight is 248 g/mol. The van der Waals surface area contributed by atoms with Crippen molar-refractivity contribution in [2.75, 3.05) is 0 Å². The Balaban J connectivity index is 4.77. The highest BCUT2D eigenvalue weighted by molar-refractivity contribution is 5.19. The van der Waals surface area contributed by atoms with E-state index in [0.29, 0.717) is 5.92 Å². The van der Waals surface area contributed by atoms with Crippen molar-refractivity contribution in [1.82, 2.24) is 0 Å². The maximum Gasteiger partial charge on any atom is 0.0213 e. The Morgan fingerprint density at radius 3 is 2.06 bits per heavy atom. The minimum Gasteiger partial charge on any atom is -0.0876 e. The van der Waals surface area contributed by atoms with Crippen LogP contribution in [0.3, 0.4) is 0 Å². The Bertz CT molecular complexity index is 280. The van der Waals surface area contributed by atoms with E-state index in [2.05, 4.69) is 78.0 Å². The van der Waals surface area contributed by atoms with E-state index in [0.717, 1.165) is 18.8 Å². The summed E-state index contributed by atoms with van der Waals surface area (Å²) in [5.74, 6) is 1.40. The zero-order valence-corrected chi connectivity index (χ0v) is 13.2. The SMILES string of the molecule is CCC=CC(C)(C=CCC(C)C)C=CC(C)CC. The van der Waals surface area contributed by atoms with Gasteiger partial charge in [-0.05, 0) is 31.6 Å². The molecule has 0 saturated carbocycles. The Labute approximate surface area is 115 Å². The van der Waals surface area contributed by atoms with Crippen LogP contribution in [-0.4, -0.2) is 0 Å². The van der Waals surface area contributed by atoms with E-state index >= 15 is 0 Å². The van der Waals surface area contributed by atoms with Crippen molar-refractivity contribution in [3.63, 3.8) is 0 Å². The molecule has 0 aromatic heterocycles.